The minimum Gasteiger partial charge on any atom is -0.374 e. The van der Waals surface area contributed by atoms with Gasteiger partial charge in [-0.05, 0) is 31.9 Å². The molecular formula is C13H18F2N2O. The average Bonchev–Trinajstić information content (AvgIpc) is 2.32. The summed E-state index contributed by atoms with van der Waals surface area (Å²) in [4.78, 5) is 11.5. The fraction of sp³-hybridized carbons (Fsp3) is 0.462. The lowest BCUT2D eigenvalue weighted by Gasteiger charge is -2.13. The van der Waals surface area contributed by atoms with Gasteiger partial charge in [-0.2, -0.15) is 0 Å². The molecule has 18 heavy (non-hydrogen) atoms. The van der Waals surface area contributed by atoms with Gasteiger partial charge in [-0.15, -0.1) is 0 Å². The molecule has 0 bridgehead atoms. The molecule has 0 aliphatic rings. The summed E-state index contributed by atoms with van der Waals surface area (Å²) < 4.78 is 26.7. The molecule has 1 atom stereocenters. The van der Waals surface area contributed by atoms with Gasteiger partial charge < -0.3 is 10.6 Å². The van der Waals surface area contributed by atoms with Gasteiger partial charge in [0.1, 0.15) is 11.6 Å². The van der Waals surface area contributed by atoms with Crippen molar-refractivity contribution in [3.8, 4) is 0 Å². The highest BCUT2D eigenvalue weighted by atomic mass is 19.1. The Morgan fingerprint density at radius 2 is 2.00 bits per heavy atom. The first-order valence-corrected chi connectivity index (χ1v) is 5.93. The van der Waals surface area contributed by atoms with Gasteiger partial charge in [-0.3, -0.25) is 4.79 Å². The quantitative estimate of drug-likeness (QED) is 0.850. The Kier molecular flexibility index (Phi) is 5.07. The zero-order valence-electron chi connectivity index (χ0n) is 10.8. The molecule has 1 aromatic carbocycles. The van der Waals surface area contributed by atoms with Crippen molar-refractivity contribution >= 4 is 11.6 Å². The molecule has 1 amide bonds. The zero-order chi connectivity index (χ0) is 13.7. The number of aryl methyl sites for hydroxylation is 1. The van der Waals surface area contributed by atoms with E-state index in [4.69, 9.17) is 0 Å². The van der Waals surface area contributed by atoms with E-state index < -0.39 is 11.6 Å². The summed E-state index contributed by atoms with van der Waals surface area (Å²) in [6.07, 6.45) is 0.819. The Morgan fingerprint density at radius 1 is 1.33 bits per heavy atom. The molecule has 0 aliphatic carbocycles. The molecule has 5 heteroatoms. The van der Waals surface area contributed by atoms with Crippen molar-refractivity contribution in [3.63, 3.8) is 0 Å². The first-order valence-electron chi connectivity index (χ1n) is 5.93. The van der Waals surface area contributed by atoms with Crippen LogP contribution in [0.3, 0.4) is 0 Å². The molecule has 0 radical (unpaired) electrons. The standard InChI is InChI=1S/C13H18F2N2O/c1-4-9(3)17-13(18)7-16-12-6-10(14)8(2)5-11(12)15/h5-6,9,16H,4,7H2,1-3H3,(H,17,18). The number of anilines is 1. The first-order chi connectivity index (χ1) is 8.43. The fourth-order valence-electron chi connectivity index (χ4n) is 1.39. The number of nitrogens with one attached hydrogen (secondary N) is 2. The van der Waals surface area contributed by atoms with E-state index in [1.54, 1.807) is 0 Å². The number of carbonyl (C=O) groups excluding carboxylic acids is 1. The summed E-state index contributed by atoms with van der Waals surface area (Å²) in [5.74, 6) is -1.31. The Hall–Kier alpha value is -1.65. The Labute approximate surface area is 106 Å². The van der Waals surface area contributed by atoms with Crippen molar-refractivity contribution in [1.82, 2.24) is 5.32 Å². The largest absolute Gasteiger partial charge is 0.374 e. The van der Waals surface area contributed by atoms with Crippen molar-refractivity contribution in [1.29, 1.82) is 0 Å². The van der Waals surface area contributed by atoms with E-state index in [0.29, 0.717) is 0 Å². The van der Waals surface area contributed by atoms with Gasteiger partial charge in [0.05, 0.1) is 12.2 Å². The van der Waals surface area contributed by atoms with Crippen LogP contribution in [0.2, 0.25) is 0 Å². The fourth-order valence-corrected chi connectivity index (χ4v) is 1.39. The molecular weight excluding hydrogens is 238 g/mol. The second-order valence-electron chi connectivity index (χ2n) is 4.31. The van der Waals surface area contributed by atoms with E-state index >= 15 is 0 Å². The number of rotatable bonds is 5. The predicted octanol–water partition coefficient (Wildman–Crippen LogP) is 2.60. The van der Waals surface area contributed by atoms with Crippen LogP contribution in [0, 0.1) is 18.6 Å². The number of amides is 1. The highest BCUT2D eigenvalue weighted by molar-refractivity contribution is 5.80. The van der Waals surface area contributed by atoms with Crippen LogP contribution in [0.25, 0.3) is 0 Å². The third kappa shape index (κ3) is 3.98. The van der Waals surface area contributed by atoms with Gasteiger partial charge in [-0.25, -0.2) is 8.78 Å². The number of halogens is 2. The molecule has 1 aromatic rings. The van der Waals surface area contributed by atoms with Crippen molar-refractivity contribution < 1.29 is 13.6 Å². The molecule has 0 saturated heterocycles. The maximum atomic E-state index is 13.4. The Bertz CT molecular complexity index is 435. The number of hydrogen-bond acceptors (Lipinski definition) is 2. The highest BCUT2D eigenvalue weighted by Gasteiger charge is 2.09. The summed E-state index contributed by atoms with van der Waals surface area (Å²) in [6, 6.07) is 2.23. The summed E-state index contributed by atoms with van der Waals surface area (Å²) in [7, 11) is 0. The van der Waals surface area contributed by atoms with E-state index in [1.165, 1.54) is 6.92 Å². The van der Waals surface area contributed by atoms with Crippen molar-refractivity contribution in [2.75, 3.05) is 11.9 Å². The normalized spacial score (nSPS) is 12.1. The molecule has 2 N–H and O–H groups in total. The molecule has 1 rings (SSSR count). The predicted molar refractivity (Wildman–Crippen MR) is 67.5 cm³/mol. The molecule has 0 heterocycles. The van der Waals surface area contributed by atoms with Gasteiger partial charge in [-0.1, -0.05) is 6.92 Å². The second kappa shape index (κ2) is 6.33. The molecule has 3 nitrogen and oxygen atoms in total. The van der Waals surface area contributed by atoms with Crippen LogP contribution in [0.4, 0.5) is 14.5 Å². The van der Waals surface area contributed by atoms with E-state index in [0.717, 1.165) is 18.6 Å². The lowest BCUT2D eigenvalue weighted by Crippen LogP contribution is -2.36. The third-order valence-electron chi connectivity index (χ3n) is 2.71. The van der Waals surface area contributed by atoms with E-state index in [1.807, 2.05) is 13.8 Å². The summed E-state index contributed by atoms with van der Waals surface area (Å²) >= 11 is 0. The lowest BCUT2D eigenvalue weighted by molar-refractivity contribution is -0.120. The highest BCUT2D eigenvalue weighted by Crippen LogP contribution is 2.18. The maximum absolute atomic E-state index is 13.4. The maximum Gasteiger partial charge on any atom is 0.239 e. The van der Waals surface area contributed by atoms with Crippen LogP contribution in [0.1, 0.15) is 25.8 Å². The first kappa shape index (κ1) is 14.4. The van der Waals surface area contributed by atoms with E-state index in [-0.39, 0.29) is 29.7 Å². The second-order valence-corrected chi connectivity index (χ2v) is 4.31. The minimum absolute atomic E-state index is 0.00241. The van der Waals surface area contributed by atoms with Crippen LogP contribution in [-0.4, -0.2) is 18.5 Å². The summed E-state index contributed by atoms with van der Waals surface area (Å²) in [5, 5.41) is 5.31. The SMILES string of the molecule is CCC(C)NC(=O)CNc1cc(F)c(C)cc1F. The van der Waals surface area contributed by atoms with Gasteiger partial charge >= 0.3 is 0 Å². The molecule has 0 aromatic heterocycles. The number of hydrogen-bond donors (Lipinski definition) is 2. The molecule has 0 spiro atoms. The Morgan fingerprint density at radius 3 is 2.61 bits per heavy atom. The van der Waals surface area contributed by atoms with Gasteiger partial charge in [0, 0.05) is 12.1 Å². The van der Waals surface area contributed by atoms with Crippen LogP contribution in [-0.2, 0) is 4.79 Å². The summed E-state index contributed by atoms with van der Waals surface area (Å²) in [5.41, 5.74) is 0.236. The molecule has 0 fully saturated rings. The average molecular weight is 256 g/mol. The van der Waals surface area contributed by atoms with Crippen LogP contribution >= 0.6 is 0 Å². The van der Waals surface area contributed by atoms with Gasteiger partial charge in [0.25, 0.3) is 0 Å². The summed E-state index contributed by atoms with van der Waals surface area (Å²) in [6.45, 7) is 5.24. The van der Waals surface area contributed by atoms with Gasteiger partial charge in [0.15, 0.2) is 0 Å². The number of carbonyl (C=O) groups is 1. The molecule has 0 saturated carbocycles. The topological polar surface area (TPSA) is 41.1 Å². The lowest BCUT2D eigenvalue weighted by atomic mass is 10.2. The van der Waals surface area contributed by atoms with Crippen molar-refractivity contribution in [2.45, 2.75) is 33.2 Å². The van der Waals surface area contributed by atoms with E-state index in [2.05, 4.69) is 10.6 Å². The van der Waals surface area contributed by atoms with Gasteiger partial charge in [0.2, 0.25) is 5.91 Å². The third-order valence-corrected chi connectivity index (χ3v) is 2.71. The monoisotopic (exact) mass is 256 g/mol. The van der Waals surface area contributed by atoms with Crippen LogP contribution in [0.15, 0.2) is 12.1 Å². The van der Waals surface area contributed by atoms with Crippen molar-refractivity contribution in [3.05, 3.63) is 29.3 Å². The van der Waals surface area contributed by atoms with E-state index in [9.17, 15) is 13.6 Å². The Balaban J connectivity index is 2.58. The molecule has 100 valence electrons. The van der Waals surface area contributed by atoms with Crippen molar-refractivity contribution in [2.24, 2.45) is 0 Å². The van der Waals surface area contributed by atoms with Crippen LogP contribution in [0.5, 0.6) is 0 Å². The molecule has 1 unspecified atom stereocenters. The molecule has 0 aliphatic heterocycles. The zero-order valence-corrected chi connectivity index (χ0v) is 10.8. The minimum atomic E-state index is -0.565. The van der Waals surface area contributed by atoms with Crippen LogP contribution < -0.4 is 10.6 Å². The smallest absolute Gasteiger partial charge is 0.239 e. The number of benzene rings is 1.